The van der Waals surface area contributed by atoms with Crippen LogP contribution in [0.15, 0.2) is 24.3 Å². The molecular formula is C11H12F2O3. The summed E-state index contributed by atoms with van der Waals surface area (Å²) in [7, 11) is 0. The van der Waals surface area contributed by atoms with Crippen LogP contribution in [0.1, 0.15) is 18.9 Å². The molecule has 0 fully saturated rings. The first kappa shape index (κ1) is 12.4. The first-order valence-corrected chi connectivity index (χ1v) is 4.83. The van der Waals surface area contributed by atoms with Gasteiger partial charge in [-0.05, 0) is 18.6 Å². The van der Waals surface area contributed by atoms with Gasteiger partial charge in [-0.25, -0.2) is 4.79 Å². The summed E-state index contributed by atoms with van der Waals surface area (Å²) in [6, 6.07) is 5.26. The van der Waals surface area contributed by atoms with Crippen LogP contribution in [-0.4, -0.2) is 17.7 Å². The van der Waals surface area contributed by atoms with Gasteiger partial charge in [-0.15, -0.1) is 0 Å². The topological polar surface area (TPSA) is 46.5 Å². The first-order valence-electron chi connectivity index (χ1n) is 4.83. The Kier molecular flexibility index (Phi) is 3.82. The maximum atomic E-state index is 13.3. The Labute approximate surface area is 91.7 Å². The summed E-state index contributed by atoms with van der Waals surface area (Å²) in [6.07, 6.45) is 0.660. The van der Waals surface area contributed by atoms with Gasteiger partial charge in [0.15, 0.2) is 0 Å². The molecule has 0 aliphatic rings. The zero-order valence-corrected chi connectivity index (χ0v) is 8.74. The second-order valence-corrected chi connectivity index (χ2v) is 3.22. The Morgan fingerprint density at radius 3 is 2.62 bits per heavy atom. The van der Waals surface area contributed by atoms with Crippen molar-refractivity contribution < 1.29 is 23.4 Å². The summed E-state index contributed by atoms with van der Waals surface area (Å²) in [5, 5.41) is 8.44. The van der Waals surface area contributed by atoms with E-state index in [-0.39, 0.29) is 12.4 Å². The van der Waals surface area contributed by atoms with Gasteiger partial charge in [-0.3, -0.25) is 0 Å². The van der Waals surface area contributed by atoms with E-state index in [1.54, 1.807) is 0 Å². The van der Waals surface area contributed by atoms with Crippen LogP contribution < -0.4 is 4.74 Å². The molecule has 0 atom stereocenters. The number of rotatable bonds is 5. The quantitative estimate of drug-likeness (QED) is 0.845. The molecule has 0 aliphatic carbocycles. The van der Waals surface area contributed by atoms with Gasteiger partial charge in [-0.1, -0.05) is 19.1 Å². The monoisotopic (exact) mass is 230 g/mol. The van der Waals surface area contributed by atoms with Crippen molar-refractivity contribution in [3.63, 3.8) is 0 Å². The molecule has 1 aromatic carbocycles. The third-order valence-electron chi connectivity index (χ3n) is 1.96. The lowest BCUT2D eigenvalue weighted by Crippen LogP contribution is -2.26. The van der Waals surface area contributed by atoms with Crippen LogP contribution in [-0.2, 0) is 10.7 Å². The molecule has 5 heteroatoms. The summed E-state index contributed by atoms with van der Waals surface area (Å²) in [4.78, 5) is 10.4. The van der Waals surface area contributed by atoms with Gasteiger partial charge in [0, 0.05) is 0 Å². The van der Waals surface area contributed by atoms with Crippen LogP contribution in [0, 0.1) is 0 Å². The second kappa shape index (κ2) is 4.92. The molecule has 1 rings (SSSR count). The molecule has 1 N–H and O–H groups in total. The van der Waals surface area contributed by atoms with Crippen LogP contribution in [0.4, 0.5) is 8.78 Å². The minimum absolute atomic E-state index is 0.0863. The molecule has 0 radical (unpaired) electrons. The van der Waals surface area contributed by atoms with Gasteiger partial charge in [0.2, 0.25) is 0 Å². The fourth-order valence-electron chi connectivity index (χ4n) is 1.18. The van der Waals surface area contributed by atoms with E-state index in [4.69, 9.17) is 9.84 Å². The Morgan fingerprint density at radius 2 is 2.06 bits per heavy atom. The number of carboxylic acids is 1. The van der Waals surface area contributed by atoms with Crippen LogP contribution in [0.25, 0.3) is 0 Å². The molecule has 88 valence electrons. The number of hydrogen-bond acceptors (Lipinski definition) is 2. The van der Waals surface area contributed by atoms with Crippen LogP contribution >= 0.6 is 0 Å². The highest BCUT2D eigenvalue weighted by atomic mass is 19.3. The van der Waals surface area contributed by atoms with E-state index in [2.05, 4.69) is 0 Å². The van der Waals surface area contributed by atoms with E-state index in [0.29, 0.717) is 6.42 Å². The largest absolute Gasteiger partial charge is 0.493 e. The highest BCUT2D eigenvalue weighted by Gasteiger charge is 2.43. The highest BCUT2D eigenvalue weighted by molar-refractivity contribution is 5.78. The third kappa shape index (κ3) is 2.48. The summed E-state index contributed by atoms with van der Waals surface area (Å²) in [5.74, 6) is -6.19. The zero-order valence-electron chi connectivity index (χ0n) is 8.74. The van der Waals surface area contributed by atoms with Crippen molar-refractivity contribution >= 4 is 5.97 Å². The van der Waals surface area contributed by atoms with Gasteiger partial charge < -0.3 is 9.84 Å². The number of ether oxygens (including phenoxy) is 1. The van der Waals surface area contributed by atoms with Crippen molar-refractivity contribution in [2.24, 2.45) is 0 Å². The van der Waals surface area contributed by atoms with E-state index in [0.717, 1.165) is 6.07 Å². The number of para-hydroxylation sites is 1. The van der Waals surface area contributed by atoms with Crippen molar-refractivity contribution in [2.45, 2.75) is 19.3 Å². The molecule has 0 heterocycles. The lowest BCUT2D eigenvalue weighted by molar-refractivity contribution is -0.166. The Hall–Kier alpha value is -1.65. The van der Waals surface area contributed by atoms with Gasteiger partial charge in [0.05, 0.1) is 12.2 Å². The van der Waals surface area contributed by atoms with Gasteiger partial charge in [0.25, 0.3) is 0 Å². The molecule has 1 aromatic rings. The molecule has 0 aromatic heterocycles. The molecule has 0 aliphatic heterocycles. The number of alkyl halides is 2. The first-order chi connectivity index (χ1) is 7.50. The Balaban J connectivity index is 3.07. The lowest BCUT2D eigenvalue weighted by atomic mass is 10.1. The summed E-state index contributed by atoms with van der Waals surface area (Å²) in [6.45, 7) is 2.10. The van der Waals surface area contributed by atoms with E-state index in [1.165, 1.54) is 18.2 Å². The zero-order chi connectivity index (χ0) is 12.2. The smallest absolute Gasteiger partial charge is 0.379 e. The summed E-state index contributed by atoms with van der Waals surface area (Å²) < 4.78 is 31.7. The predicted octanol–water partition coefficient (Wildman–Crippen LogP) is 2.65. The predicted molar refractivity (Wildman–Crippen MR) is 53.8 cm³/mol. The van der Waals surface area contributed by atoms with Crippen molar-refractivity contribution in [2.75, 3.05) is 6.61 Å². The van der Waals surface area contributed by atoms with E-state index < -0.39 is 17.5 Å². The second-order valence-electron chi connectivity index (χ2n) is 3.22. The van der Waals surface area contributed by atoms with Crippen molar-refractivity contribution in [3.05, 3.63) is 29.8 Å². The van der Waals surface area contributed by atoms with Gasteiger partial charge in [0.1, 0.15) is 5.75 Å². The standard InChI is InChI=1S/C11H12F2O3/c1-2-7-16-9-6-4-3-5-8(9)11(12,13)10(14)15/h3-6H,2,7H2,1H3,(H,14,15). The molecular weight excluding hydrogens is 218 g/mol. The Morgan fingerprint density at radius 1 is 1.44 bits per heavy atom. The van der Waals surface area contributed by atoms with Crippen molar-refractivity contribution in [1.82, 2.24) is 0 Å². The number of carboxylic acid groups (broad SMARTS) is 1. The molecule has 16 heavy (non-hydrogen) atoms. The average Bonchev–Trinajstić information content (AvgIpc) is 2.26. The molecule has 0 saturated heterocycles. The maximum absolute atomic E-state index is 13.3. The number of carbonyl (C=O) groups is 1. The average molecular weight is 230 g/mol. The number of halogens is 2. The fourth-order valence-corrected chi connectivity index (χ4v) is 1.18. The van der Waals surface area contributed by atoms with E-state index >= 15 is 0 Å². The minimum atomic E-state index is -3.93. The normalized spacial score (nSPS) is 11.2. The van der Waals surface area contributed by atoms with Gasteiger partial charge >= 0.3 is 11.9 Å². The molecule has 0 saturated carbocycles. The molecule has 0 spiro atoms. The van der Waals surface area contributed by atoms with Crippen LogP contribution in [0.3, 0.4) is 0 Å². The lowest BCUT2D eigenvalue weighted by Gasteiger charge is -2.16. The van der Waals surface area contributed by atoms with Crippen molar-refractivity contribution in [3.8, 4) is 5.75 Å². The molecule has 0 bridgehead atoms. The van der Waals surface area contributed by atoms with Crippen LogP contribution in [0.5, 0.6) is 5.75 Å². The van der Waals surface area contributed by atoms with Crippen molar-refractivity contribution in [1.29, 1.82) is 0 Å². The third-order valence-corrected chi connectivity index (χ3v) is 1.96. The molecule has 0 amide bonds. The fraction of sp³-hybridized carbons (Fsp3) is 0.364. The van der Waals surface area contributed by atoms with E-state index in [9.17, 15) is 13.6 Å². The number of aliphatic carboxylic acids is 1. The van der Waals surface area contributed by atoms with E-state index in [1.807, 2.05) is 6.92 Å². The SMILES string of the molecule is CCCOc1ccccc1C(F)(F)C(=O)O. The Bertz CT molecular complexity index is 377. The van der Waals surface area contributed by atoms with Gasteiger partial charge in [-0.2, -0.15) is 8.78 Å². The summed E-state index contributed by atoms with van der Waals surface area (Å²) in [5.41, 5.74) is -0.615. The highest BCUT2D eigenvalue weighted by Crippen LogP contribution is 2.35. The summed E-state index contributed by atoms with van der Waals surface area (Å²) >= 11 is 0. The number of hydrogen-bond donors (Lipinski definition) is 1. The molecule has 0 unspecified atom stereocenters. The number of benzene rings is 1. The van der Waals surface area contributed by atoms with Crippen LogP contribution in [0.2, 0.25) is 0 Å². The maximum Gasteiger partial charge on any atom is 0.379 e. The minimum Gasteiger partial charge on any atom is -0.493 e. The molecule has 3 nitrogen and oxygen atoms in total.